The average molecular weight is 320 g/mol. The zero-order chi connectivity index (χ0) is 13.8. The van der Waals surface area contributed by atoms with E-state index >= 15 is 0 Å². The summed E-state index contributed by atoms with van der Waals surface area (Å²) in [7, 11) is 0. The fourth-order valence-electron chi connectivity index (χ4n) is 1.95. The maximum Gasteiger partial charge on any atom is 0.120 e. The number of nitrogens with two attached hydrogens (primary N) is 1. The monoisotopic (exact) mass is 319 g/mol. The van der Waals surface area contributed by atoms with E-state index in [1.807, 2.05) is 62.4 Å². The van der Waals surface area contributed by atoms with Crippen LogP contribution in [0.25, 0.3) is 0 Å². The van der Waals surface area contributed by atoms with Gasteiger partial charge in [-0.05, 0) is 49.2 Å². The van der Waals surface area contributed by atoms with Crippen LogP contribution in [0.2, 0.25) is 0 Å². The smallest absolute Gasteiger partial charge is 0.120 e. The van der Waals surface area contributed by atoms with Crippen LogP contribution >= 0.6 is 15.9 Å². The molecule has 0 aromatic heterocycles. The van der Waals surface area contributed by atoms with E-state index in [0.29, 0.717) is 0 Å². The summed E-state index contributed by atoms with van der Waals surface area (Å²) < 4.78 is 6.74. The molecule has 0 aliphatic heterocycles. The molecule has 0 amide bonds. The maximum atomic E-state index is 6.31. The van der Waals surface area contributed by atoms with Crippen molar-refractivity contribution in [3.8, 4) is 5.75 Å². The molecule has 19 heavy (non-hydrogen) atoms. The Kier molecular flexibility index (Phi) is 4.61. The molecule has 100 valence electrons. The minimum absolute atomic E-state index is 0.145. The molecular formula is C16H18BrNO. The van der Waals surface area contributed by atoms with Crippen molar-refractivity contribution in [3.05, 3.63) is 64.1 Å². The van der Waals surface area contributed by atoms with E-state index in [4.69, 9.17) is 10.5 Å². The van der Waals surface area contributed by atoms with Crippen LogP contribution in [0.1, 0.15) is 31.0 Å². The van der Waals surface area contributed by atoms with E-state index in [0.717, 1.165) is 21.3 Å². The van der Waals surface area contributed by atoms with Crippen LogP contribution in [0.15, 0.2) is 53.0 Å². The van der Waals surface area contributed by atoms with Gasteiger partial charge in [0.05, 0.1) is 12.1 Å². The second-order valence-corrected chi connectivity index (χ2v) is 5.69. The van der Waals surface area contributed by atoms with Crippen molar-refractivity contribution >= 4 is 15.9 Å². The third-order valence-corrected chi connectivity index (χ3v) is 3.29. The first-order chi connectivity index (χ1) is 9.06. The van der Waals surface area contributed by atoms with Gasteiger partial charge in [-0.1, -0.05) is 40.2 Å². The van der Waals surface area contributed by atoms with Gasteiger partial charge in [-0.25, -0.2) is 0 Å². The predicted molar refractivity (Wildman–Crippen MR) is 82.4 cm³/mol. The van der Waals surface area contributed by atoms with Gasteiger partial charge in [-0.3, -0.25) is 0 Å². The molecule has 0 spiro atoms. The zero-order valence-electron chi connectivity index (χ0n) is 11.1. The third-order valence-electron chi connectivity index (χ3n) is 2.80. The Morgan fingerprint density at radius 1 is 1.00 bits per heavy atom. The highest BCUT2D eigenvalue weighted by Gasteiger charge is 2.10. The van der Waals surface area contributed by atoms with Crippen LogP contribution in [-0.4, -0.2) is 6.10 Å². The molecule has 2 nitrogen and oxygen atoms in total. The van der Waals surface area contributed by atoms with Crippen molar-refractivity contribution in [2.75, 3.05) is 0 Å². The molecule has 0 fully saturated rings. The molecule has 0 saturated heterocycles. The summed E-state index contributed by atoms with van der Waals surface area (Å²) in [6.45, 7) is 4.03. The lowest BCUT2D eigenvalue weighted by Gasteiger charge is -2.15. The molecule has 1 unspecified atom stereocenters. The van der Waals surface area contributed by atoms with Crippen LogP contribution in [0.4, 0.5) is 0 Å². The van der Waals surface area contributed by atoms with Gasteiger partial charge >= 0.3 is 0 Å². The highest BCUT2D eigenvalue weighted by molar-refractivity contribution is 9.10. The van der Waals surface area contributed by atoms with E-state index in [-0.39, 0.29) is 12.1 Å². The van der Waals surface area contributed by atoms with Crippen molar-refractivity contribution < 1.29 is 4.74 Å². The van der Waals surface area contributed by atoms with Crippen molar-refractivity contribution in [2.24, 2.45) is 5.73 Å². The third kappa shape index (κ3) is 3.82. The second kappa shape index (κ2) is 6.22. The first-order valence-corrected chi connectivity index (χ1v) is 7.13. The minimum atomic E-state index is -0.145. The predicted octanol–water partition coefficient (Wildman–Crippen LogP) is 4.28. The molecular weight excluding hydrogens is 302 g/mol. The van der Waals surface area contributed by atoms with Crippen molar-refractivity contribution in [3.63, 3.8) is 0 Å². The Labute approximate surface area is 122 Å². The fraction of sp³-hybridized carbons (Fsp3) is 0.250. The van der Waals surface area contributed by atoms with Gasteiger partial charge in [0.2, 0.25) is 0 Å². The summed E-state index contributed by atoms with van der Waals surface area (Å²) in [4.78, 5) is 0. The van der Waals surface area contributed by atoms with Gasteiger partial charge in [0.15, 0.2) is 0 Å². The molecule has 0 saturated carbocycles. The van der Waals surface area contributed by atoms with E-state index in [1.54, 1.807) is 0 Å². The molecule has 0 heterocycles. The number of ether oxygens (including phenoxy) is 1. The van der Waals surface area contributed by atoms with Gasteiger partial charge in [0.1, 0.15) is 5.75 Å². The fourth-order valence-corrected chi connectivity index (χ4v) is 2.36. The van der Waals surface area contributed by atoms with E-state index < -0.39 is 0 Å². The Bertz CT molecular complexity index is 554. The SMILES string of the molecule is CC(C)Oc1cccc(C(N)c2cccc(Br)c2)c1. The number of hydrogen-bond donors (Lipinski definition) is 1. The van der Waals surface area contributed by atoms with Gasteiger partial charge in [-0.15, -0.1) is 0 Å². The Morgan fingerprint density at radius 3 is 2.26 bits per heavy atom. The molecule has 0 bridgehead atoms. The summed E-state index contributed by atoms with van der Waals surface area (Å²) in [5.74, 6) is 0.859. The van der Waals surface area contributed by atoms with Gasteiger partial charge in [0, 0.05) is 4.47 Å². The summed E-state index contributed by atoms with van der Waals surface area (Å²) >= 11 is 3.47. The zero-order valence-corrected chi connectivity index (χ0v) is 12.7. The first kappa shape index (κ1) is 14.1. The summed E-state index contributed by atoms with van der Waals surface area (Å²) in [6.07, 6.45) is 0.164. The normalized spacial score (nSPS) is 12.5. The van der Waals surface area contributed by atoms with Crippen LogP contribution in [0.5, 0.6) is 5.75 Å². The maximum absolute atomic E-state index is 6.31. The molecule has 2 aromatic rings. The Hall–Kier alpha value is -1.32. The lowest BCUT2D eigenvalue weighted by Crippen LogP contribution is -2.12. The van der Waals surface area contributed by atoms with Crippen LogP contribution in [0.3, 0.4) is 0 Å². The van der Waals surface area contributed by atoms with Crippen LogP contribution < -0.4 is 10.5 Å². The average Bonchev–Trinajstić information content (AvgIpc) is 2.37. The molecule has 3 heteroatoms. The van der Waals surface area contributed by atoms with E-state index in [2.05, 4.69) is 15.9 Å². The van der Waals surface area contributed by atoms with Crippen LogP contribution in [-0.2, 0) is 0 Å². The highest BCUT2D eigenvalue weighted by Crippen LogP contribution is 2.25. The molecule has 2 aromatic carbocycles. The molecule has 0 aliphatic carbocycles. The molecule has 2 N–H and O–H groups in total. The largest absolute Gasteiger partial charge is 0.491 e. The number of halogens is 1. The van der Waals surface area contributed by atoms with Crippen molar-refractivity contribution in [1.82, 2.24) is 0 Å². The standard InChI is InChI=1S/C16H18BrNO/c1-11(2)19-15-8-4-6-13(10-15)16(18)12-5-3-7-14(17)9-12/h3-11,16H,18H2,1-2H3. The topological polar surface area (TPSA) is 35.2 Å². The molecule has 0 radical (unpaired) electrons. The van der Waals surface area contributed by atoms with Gasteiger partial charge in [0.25, 0.3) is 0 Å². The number of hydrogen-bond acceptors (Lipinski definition) is 2. The van der Waals surface area contributed by atoms with E-state index in [9.17, 15) is 0 Å². The van der Waals surface area contributed by atoms with Crippen LogP contribution in [0, 0.1) is 0 Å². The second-order valence-electron chi connectivity index (χ2n) is 4.77. The number of rotatable bonds is 4. The van der Waals surface area contributed by atoms with E-state index in [1.165, 1.54) is 0 Å². The van der Waals surface area contributed by atoms with Gasteiger partial charge in [-0.2, -0.15) is 0 Å². The van der Waals surface area contributed by atoms with Crippen molar-refractivity contribution in [2.45, 2.75) is 26.0 Å². The Balaban J connectivity index is 2.26. The lowest BCUT2D eigenvalue weighted by atomic mass is 9.99. The molecule has 0 aliphatic rings. The minimum Gasteiger partial charge on any atom is -0.491 e. The lowest BCUT2D eigenvalue weighted by molar-refractivity contribution is 0.242. The number of benzene rings is 2. The van der Waals surface area contributed by atoms with Gasteiger partial charge < -0.3 is 10.5 Å². The van der Waals surface area contributed by atoms with Crippen molar-refractivity contribution in [1.29, 1.82) is 0 Å². The quantitative estimate of drug-likeness (QED) is 0.912. The molecule has 2 rings (SSSR count). The first-order valence-electron chi connectivity index (χ1n) is 6.34. The molecule has 1 atom stereocenters. The summed E-state index contributed by atoms with van der Waals surface area (Å²) in [5, 5.41) is 0. The Morgan fingerprint density at radius 2 is 1.63 bits per heavy atom. The summed E-state index contributed by atoms with van der Waals surface area (Å²) in [5.41, 5.74) is 8.44. The highest BCUT2D eigenvalue weighted by atomic mass is 79.9. The summed E-state index contributed by atoms with van der Waals surface area (Å²) in [6, 6.07) is 15.9.